The van der Waals surface area contributed by atoms with Gasteiger partial charge in [0.15, 0.2) is 11.5 Å². The number of benzene rings is 2. The van der Waals surface area contributed by atoms with Crippen LogP contribution in [0.3, 0.4) is 0 Å². The number of nitrogens with zero attached hydrogens (tertiary/aromatic N) is 3. The molecule has 28 heavy (non-hydrogen) atoms. The second-order valence-corrected chi connectivity index (χ2v) is 6.84. The fourth-order valence-electron chi connectivity index (χ4n) is 3.13. The molecule has 0 saturated heterocycles. The molecule has 1 aliphatic rings. The molecule has 0 spiro atoms. The first-order valence-electron chi connectivity index (χ1n) is 9.50. The van der Waals surface area contributed by atoms with Crippen molar-refractivity contribution >= 4 is 23.0 Å². The van der Waals surface area contributed by atoms with E-state index >= 15 is 0 Å². The first kappa shape index (κ1) is 19.7. The third kappa shape index (κ3) is 3.96. The van der Waals surface area contributed by atoms with Gasteiger partial charge in [0.05, 0.1) is 11.3 Å². The topological polar surface area (TPSA) is 54.4 Å². The van der Waals surface area contributed by atoms with Crippen molar-refractivity contribution in [3.05, 3.63) is 47.5 Å². The smallest absolute Gasteiger partial charge is 0.256 e. The fourth-order valence-corrected chi connectivity index (χ4v) is 3.13. The van der Waals surface area contributed by atoms with Crippen molar-refractivity contribution in [2.24, 2.45) is 4.99 Å². The van der Waals surface area contributed by atoms with E-state index in [4.69, 9.17) is 14.5 Å². The van der Waals surface area contributed by atoms with Crippen LogP contribution < -0.4 is 14.4 Å². The summed E-state index contributed by atoms with van der Waals surface area (Å²) in [5, 5.41) is 0. The van der Waals surface area contributed by atoms with E-state index in [2.05, 4.69) is 6.07 Å². The van der Waals surface area contributed by atoms with Gasteiger partial charge >= 0.3 is 0 Å². The molecular weight excluding hydrogens is 354 g/mol. The quantitative estimate of drug-likeness (QED) is 0.707. The van der Waals surface area contributed by atoms with E-state index in [1.54, 1.807) is 17.0 Å². The first-order chi connectivity index (χ1) is 13.4. The zero-order valence-corrected chi connectivity index (χ0v) is 17.2. The lowest BCUT2D eigenvalue weighted by molar-refractivity contribution is 0.0773. The zero-order chi connectivity index (χ0) is 20.3. The number of fused-ring (bicyclic) bond motifs is 1. The molecule has 3 rings (SSSR count). The SMILES string of the molecule is CCN(CC)C(=O)c1cc2c(cc1N=C(C)c1cccc(N(C)C)c1)OCO2. The molecule has 2 aromatic rings. The number of carbonyl (C=O) groups excluding carboxylic acids is 1. The Morgan fingerprint density at radius 2 is 1.75 bits per heavy atom. The average molecular weight is 381 g/mol. The van der Waals surface area contributed by atoms with Gasteiger partial charge in [-0.15, -0.1) is 0 Å². The molecular formula is C22H27N3O3. The summed E-state index contributed by atoms with van der Waals surface area (Å²) >= 11 is 0. The Bertz CT molecular complexity index is 902. The monoisotopic (exact) mass is 381 g/mol. The fraction of sp³-hybridized carbons (Fsp3) is 0.364. The third-order valence-corrected chi connectivity index (χ3v) is 4.84. The van der Waals surface area contributed by atoms with Gasteiger partial charge in [0, 0.05) is 44.7 Å². The number of hydrogen-bond acceptors (Lipinski definition) is 5. The molecule has 2 aromatic carbocycles. The van der Waals surface area contributed by atoms with Crippen LogP contribution in [0.1, 0.15) is 36.7 Å². The van der Waals surface area contributed by atoms with Crippen molar-refractivity contribution in [1.82, 2.24) is 4.90 Å². The van der Waals surface area contributed by atoms with Crippen LogP contribution in [-0.4, -0.2) is 50.5 Å². The first-order valence-corrected chi connectivity index (χ1v) is 9.50. The van der Waals surface area contributed by atoms with Crippen LogP contribution in [0.5, 0.6) is 11.5 Å². The molecule has 0 atom stereocenters. The molecule has 0 N–H and O–H groups in total. The highest BCUT2D eigenvalue weighted by Gasteiger charge is 2.23. The average Bonchev–Trinajstić information content (AvgIpc) is 3.15. The highest BCUT2D eigenvalue weighted by molar-refractivity contribution is 6.05. The van der Waals surface area contributed by atoms with Crippen molar-refractivity contribution in [1.29, 1.82) is 0 Å². The maximum atomic E-state index is 13.0. The van der Waals surface area contributed by atoms with E-state index in [-0.39, 0.29) is 12.7 Å². The molecule has 1 amide bonds. The van der Waals surface area contributed by atoms with Crippen molar-refractivity contribution in [2.75, 3.05) is 38.9 Å². The summed E-state index contributed by atoms with van der Waals surface area (Å²) < 4.78 is 11.0. The van der Waals surface area contributed by atoms with Crippen LogP contribution in [0.4, 0.5) is 11.4 Å². The highest BCUT2D eigenvalue weighted by Crippen LogP contribution is 2.39. The van der Waals surface area contributed by atoms with E-state index in [0.717, 1.165) is 17.0 Å². The van der Waals surface area contributed by atoms with Gasteiger partial charge in [-0.25, -0.2) is 0 Å². The molecule has 0 bridgehead atoms. The Labute approximate surface area is 166 Å². The zero-order valence-electron chi connectivity index (χ0n) is 17.2. The minimum Gasteiger partial charge on any atom is -0.454 e. The minimum absolute atomic E-state index is 0.0584. The van der Waals surface area contributed by atoms with Crippen LogP contribution in [-0.2, 0) is 0 Å². The maximum absolute atomic E-state index is 13.0. The number of carbonyl (C=O) groups is 1. The van der Waals surface area contributed by atoms with Crippen molar-refractivity contribution in [2.45, 2.75) is 20.8 Å². The summed E-state index contributed by atoms with van der Waals surface area (Å²) in [6.07, 6.45) is 0. The number of anilines is 1. The standard InChI is InChI=1S/C22H27N3O3/c1-6-25(7-2)22(26)18-12-20-21(28-14-27-20)13-19(18)23-15(3)16-9-8-10-17(11-16)24(4)5/h8-13H,6-7,14H2,1-5H3. The van der Waals surface area contributed by atoms with Crippen LogP contribution in [0.25, 0.3) is 0 Å². The van der Waals surface area contributed by atoms with Gasteiger partial charge in [-0.3, -0.25) is 9.79 Å². The largest absolute Gasteiger partial charge is 0.454 e. The normalized spacial score (nSPS) is 12.8. The van der Waals surface area contributed by atoms with E-state index in [9.17, 15) is 4.79 Å². The maximum Gasteiger partial charge on any atom is 0.256 e. The number of ether oxygens (including phenoxy) is 2. The Kier molecular flexibility index (Phi) is 5.87. The van der Waals surface area contributed by atoms with E-state index in [1.807, 2.05) is 58.0 Å². The number of aliphatic imine (C=N–C) groups is 1. The number of amides is 1. The Morgan fingerprint density at radius 1 is 1.07 bits per heavy atom. The molecule has 0 aromatic heterocycles. The summed E-state index contributed by atoms with van der Waals surface area (Å²) in [6.45, 7) is 7.31. The summed E-state index contributed by atoms with van der Waals surface area (Å²) in [5.41, 5.74) is 4.04. The molecule has 0 radical (unpaired) electrons. The van der Waals surface area contributed by atoms with Crippen molar-refractivity contribution < 1.29 is 14.3 Å². The Balaban J connectivity index is 2.06. The van der Waals surface area contributed by atoms with Gasteiger partial charge in [-0.1, -0.05) is 12.1 Å². The van der Waals surface area contributed by atoms with Gasteiger partial charge < -0.3 is 19.3 Å². The van der Waals surface area contributed by atoms with Gasteiger partial charge in [0.25, 0.3) is 5.91 Å². The predicted octanol–water partition coefficient (Wildman–Crippen LogP) is 4.10. The lowest BCUT2D eigenvalue weighted by atomic mass is 10.1. The van der Waals surface area contributed by atoms with Crippen molar-refractivity contribution in [3.8, 4) is 11.5 Å². The van der Waals surface area contributed by atoms with E-state index < -0.39 is 0 Å². The van der Waals surface area contributed by atoms with Gasteiger partial charge in [-0.05, 0) is 44.5 Å². The molecule has 0 aliphatic carbocycles. The molecule has 0 saturated carbocycles. The Hall–Kier alpha value is -3.02. The molecule has 0 fully saturated rings. The van der Waals surface area contributed by atoms with Gasteiger partial charge in [-0.2, -0.15) is 0 Å². The summed E-state index contributed by atoms with van der Waals surface area (Å²) in [6, 6.07) is 11.7. The summed E-state index contributed by atoms with van der Waals surface area (Å²) in [7, 11) is 4.01. The second kappa shape index (κ2) is 8.33. The van der Waals surface area contributed by atoms with E-state index in [0.29, 0.717) is 35.8 Å². The van der Waals surface area contributed by atoms with Crippen LogP contribution >= 0.6 is 0 Å². The molecule has 148 valence electrons. The van der Waals surface area contributed by atoms with E-state index in [1.165, 1.54) is 0 Å². The molecule has 6 nitrogen and oxygen atoms in total. The van der Waals surface area contributed by atoms with Crippen molar-refractivity contribution in [3.63, 3.8) is 0 Å². The van der Waals surface area contributed by atoms with Crippen LogP contribution in [0, 0.1) is 0 Å². The third-order valence-electron chi connectivity index (χ3n) is 4.84. The number of hydrogen-bond donors (Lipinski definition) is 0. The van der Waals surface area contributed by atoms with Crippen LogP contribution in [0.15, 0.2) is 41.4 Å². The lowest BCUT2D eigenvalue weighted by Crippen LogP contribution is -2.30. The second-order valence-electron chi connectivity index (χ2n) is 6.84. The summed E-state index contributed by atoms with van der Waals surface area (Å²) in [4.78, 5) is 21.7. The molecule has 1 heterocycles. The van der Waals surface area contributed by atoms with Gasteiger partial charge in [0.1, 0.15) is 0 Å². The minimum atomic E-state index is -0.0584. The molecule has 1 aliphatic heterocycles. The highest BCUT2D eigenvalue weighted by atomic mass is 16.7. The molecule has 0 unspecified atom stereocenters. The number of rotatable bonds is 6. The Morgan fingerprint density at radius 3 is 2.39 bits per heavy atom. The lowest BCUT2D eigenvalue weighted by Gasteiger charge is -2.20. The summed E-state index contributed by atoms with van der Waals surface area (Å²) in [5.74, 6) is 1.14. The molecule has 6 heteroatoms. The van der Waals surface area contributed by atoms with Gasteiger partial charge in [0.2, 0.25) is 6.79 Å². The van der Waals surface area contributed by atoms with Crippen LogP contribution in [0.2, 0.25) is 0 Å². The predicted molar refractivity (Wildman–Crippen MR) is 112 cm³/mol.